The molecule has 1 aromatic rings. The molecule has 1 aliphatic carbocycles. The molecule has 0 radical (unpaired) electrons. The highest BCUT2D eigenvalue weighted by atomic mass is 79.9. The number of hydrogen-bond donors (Lipinski definition) is 2. The van der Waals surface area contributed by atoms with Gasteiger partial charge in [-0.1, -0.05) is 35.7 Å². The zero-order valence-electron chi connectivity index (χ0n) is 12.0. The molecule has 0 atom stereocenters. The molecule has 0 saturated heterocycles. The molecule has 1 aliphatic rings. The fraction of sp³-hybridized carbons (Fsp3) is 0.571. The van der Waals surface area contributed by atoms with Gasteiger partial charge in [0.05, 0.1) is 0 Å². The molecule has 118 valence electrons. The van der Waals surface area contributed by atoms with Gasteiger partial charge in [0.2, 0.25) is 10.0 Å². The molecular weight excluding hydrogens is 359 g/mol. The Kier molecular flexibility index (Phi) is 5.76. The van der Waals surface area contributed by atoms with Crippen LogP contribution in [0.2, 0.25) is 0 Å². The third-order valence-electron chi connectivity index (χ3n) is 3.48. The number of rotatable bonds is 8. The maximum absolute atomic E-state index is 14.4. The summed E-state index contributed by atoms with van der Waals surface area (Å²) in [5, 5.41) is 3.00. The smallest absolute Gasteiger partial charge is 0.243 e. The Bertz CT molecular complexity index is 603. The van der Waals surface area contributed by atoms with Crippen LogP contribution in [0, 0.1) is 11.7 Å². The second-order valence-electron chi connectivity index (χ2n) is 5.29. The van der Waals surface area contributed by atoms with E-state index in [1.165, 1.54) is 18.9 Å². The summed E-state index contributed by atoms with van der Waals surface area (Å²) in [6.45, 7) is 3.26. The fourth-order valence-corrected chi connectivity index (χ4v) is 3.93. The second kappa shape index (κ2) is 7.17. The lowest BCUT2D eigenvalue weighted by molar-refractivity contribution is 0.541. The molecular formula is C14H20BrFN2O2S. The molecule has 1 fully saturated rings. The summed E-state index contributed by atoms with van der Waals surface area (Å²) < 4.78 is 41.9. The minimum absolute atomic E-state index is 0.291. The summed E-state index contributed by atoms with van der Waals surface area (Å²) in [5.41, 5.74) is 0.341. The normalized spacial score (nSPS) is 15.4. The average molecular weight is 379 g/mol. The zero-order chi connectivity index (χ0) is 15.5. The summed E-state index contributed by atoms with van der Waals surface area (Å²) in [5.74, 6) is -0.0533. The molecule has 0 heterocycles. The van der Waals surface area contributed by atoms with E-state index in [1.54, 1.807) is 6.07 Å². The molecule has 2 N–H and O–H groups in total. The molecule has 0 unspecified atom stereocenters. The van der Waals surface area contributed by atoms with Crippen LogP contribution in [0.25, 0.3) is 0 Å². The van der Waals surface area contributed by atoms with Gasteiger partial charge in [-0.15, -0.1) is 0 Å². The van der Waals surface area contributed by atoms with Crippen LogP contribution >= 0.6 is 15.9 Å². The molecule has 1 saturated carbocycles. The van der Waals surface area contributed by atoms with Crippen LogP contribution in [0.4, 0.5) is 4.39 Å². The molecule has 7 heteroatoms. The first-order chi connectivity index (χ1) is 9.94. The van der Waals surface area contributed by atoms with Gasteiger partial charge >= 0.3 is 0 Å². The largest absolute Gasteiger partial charge is 0.313 e. The van der Waals surface area contributed by atoms with E-state index in [0.29, 0.717) is 35.6 Å². The third-order valence-corrected chi connectivity index (χ3v) is 5.39. The van der Waals surface area contributed by atoms with E-state index in [-0.39, 0.29) is 4.90 Å². The molecule has 4 nitrogen and oxygen atoms in total. The van der Waals surface area contributed by atoms with Crippen molar-refractivity contribution in [2.45, 2.75) is 37.6 Å². The highest BCUT2D eigenvalue weighted by molar-refractivity contribution is 9.10. The Morgan fingerprint density at radius 1 is 1.38 bits per heavy atom. The fourth-order valence-electron chi connectivity index (χ4n) is 2.08. The predicted molar refractivity (Wildman–Crippen MR) is 84.0 cm³/mol. The zero-order valence-corrected chi connectivity index (χ0v) is 14.4. The second-order valence-corrected chi connectivity index (χ2v) is 7.94. The predicted octanol–water partition coefficient (Wildman–Crippen LogP) is 2.78. The van der Waals surface area contributed by atoms with Crippen molar-refractivity contribution in [1.82, 2.24) is 10.0 Å². The van der Waals surface area contributed by atoms with E-state index >= 15 is 0 Å². The van der Waals surface area contributed by atoms with Gasteiger partial charge in [0.25, 0.3) is 0 Å². The Labute approximate surface area is 133 Å². The lowest BCUT2D eigenvalue weighted by Crippen LogP contribution is -2.26. The maximum Gasteiger partial charge on any atom is 0.243 e. The summed E-state index contributed by atoms with van der Waals surface area (Å²) in [6.07, 6.45) is 3.15. The van der Waals surface area contributed by atoms with Crippen LogP contribution in [0.5, 0.6) is 0 Å². The van der Waals surface area contributed by atoms with Crippen molar-refractivity contribution in [2.75, 3.05) is 13.1 Å². The Morgan fingerprint density at radius 2 is 2.10 bits per heavy atom. The molecule has 0 spiro atoms. The van der Waals surface area contributed by atoms with Crippen LogP contribution in [-0.2, 0) is 16.6 Å². The minimum Gasteiger partial charge on any atom is -0.313 e. The van der Waals surface area contributed by atoms with E-state index in [1.807, 2.05) is 6.92 Å². The van der Waals surface area contributed by atoms with Crippen molar-refractivity contribution in [3.63, 3.8) is 0 Å². The number of halogens is 2. The van der Waals surface area contributed by atoms with Crippen molar-refractivity contribution in [2.24, 2.45) is 5.92 Å². The van der Waals surface area contributed by atoms with Gasteiger partial charge in [-0.25, -0.2) is 17.5 Å². The van der Waals surface area contributed by atoms with Gasteiger partial charge in [-0.2, -0.15) is 0 Å². The topological polar surface area (TPSA) is 58.2 Å². The highest BCUT2D eigenvalue weighted by Crippen LogP contribution is 2.32. The Balaban J connectivity index is 2.17. The quantitative estimate of drug-likeness (QED) is 0.730. The molecule has 21 heavy (non-hydrogen) atoms. The van der Waals surface area contributed by atoms with Gasteiger partial charge in [0.1, 0.15) is 10.7 Å². The van der Waals surface area contributed by atoms with Gasteiger partial charge < -0.3 is 5.32 Å². The van der Waals surface area contributed by atoms with Gasteiger partial charge in [-0.3, -0.25) is 0 Å². The standard InChI is InChI=1S/C14H20BrFN2O2S/c1-2-17-9-11-7-12(15)8-13(14(11)16)21(19,20)18-6-5-10-3-4-10/h7-8,10,17-18H,2-6,9H2,1H3. The van der Waals surface area contributed by atoms with Crippen molar-refractivity contribution >= 4 is 26.0 Å². The monoisotopic (exact) mass is 378 g/mol. The van der Waals surface area contributed by atoms with E-state index in [9.17, 15) is 12.8 Å². The highest BCUT2D eigenvalue weighted by Gasteiger charge is 2.24. The van der Waals surface area contributed by atoms with Crippen molar-refractivity contribution < 1.29 is 12.8 Å². The number of hydrogen-bond acceptors (Lipinski definition) is 3. The number of sulfonamides is 1. The van der Waals surface area contributed by atoms with Crippen LogP contribution in [0.15, 0.2) is 21.5 Å². The third kappa shape index (κ3) is 4.74. The molecule has 2 rings (SSSR count). The summed E-state index contributed by atoms with van der Waals surface area (Å²) >= 11 is 3.25. The van der Waals surface area contributed by atoms with Crippen LogP contribution in [0.1, 0.15) is 31.7 Å². The lowest BCUT2D eigenvalue weighted by atomic mass is 10.2. The first kappa shape index (κ1) is 16.9. The first-order valence-corrected chi connectivity index (χ1v) is 9.40. The minimum atomic E-state index is -3.81. The van der Waals surface area contributed by atoms with Gasteiger partial charge in [-0.05, 0) is 31.0 Å². The number of benzene rings is 1. The number of nitrogens with one attached hydrogen (secondary N) is 2. The van der Waals surface area contributed by atoms with Gasteiger partial charge in [0, 0.05) is 23.1 Å². The molecule has 0 aliphatic heterocycles. The van der Waals surface area contributed by atoms with Crippen LogP contribution in [-0.4, -0.2) is 21.5 Å². The molecule has 0 amide bonds. The molecule has 0 aromatic heterocycles. The molecule has 0 bridgehead atoms. The van der Waals surface area contributed by atoms with E-state index < -0.39 is 15.8 Å². The molecule has 1 aromatic carbocycles. The first-order valence-electron chi connectivity index (χ1n) is 7.12. The van der Waals surface area contributed by atoms with E-state index in [4.69, 9.17) is 0 Å². The van der Waals surface area contributed by atoms with Crippen molar-refractivity contribution in [3.8, 4) is 0 Å². The summed E-state index contributed by atoms with van der Waals surface area (Å²) in [4.78, 5) is -0.291. The summed E-state index contributed by atoms with van der Waals surface area (Å²) in [6, 6.07) is 2.91. The van der Waals surface area contributed by atoms with Crippen molar-refractivity contribution in [1.29, 1.82) is 0 Å². The van der Waals surface area contributed by atoms with Crippen molar-refractivity contribution in [3.05, 3.63) is 28.0 Å². The van der Waals surface area contributed by atoms with E-state index in [0.717, 1.165) is 6.42 Å². The van der Waals surface area contributed by atoms with Gasteiger partial charge in [0.15, 0.2) is 0 Å². The van der Waals surface area contributed by atoms with E-state index in [2.05, 4.69) is 26.0 Å². The van der Waals surface area contributed by atoms with Crippen LogP contribution < -0.4 is 10.0 Å². The Morgan fingerprint density at radius 3 is 2.71 bits per heavy atom. The Hall–Kier alpha value is -0.500. The average Bonchev–Trinajstić information content (AvgIpc) is 3.23. The summed E-state index contributed by atoms with van der Waals surface area (Å²) in [7, 11) is -3.81. The van der Waals surface area contributed by atoms with Crippen LogP contribution in [0.3, 0.4) is 0 Å². The lowest BCUT2D eigenvalue weighted by Gasteiger charge is -2.12. The maximum atomic E-state index is 14.4. The SMILES string of the molecule is CCNCc1cc(Br)cc(S(=O)(=O)NCCC2CC2)c1F.